The van der Waals surface area contributed by atoms with Gasteiger partial charge in [0.15, 0.2) is 17.2 Å². The maximum atomic E-state index is 12.9. The number of esters is 1. The molecule has 0 fully saturated rings. The number of methoxy groups -OCH3 is 2. The SMILES string of the molecule is COCCN(Cc1nc(C(=O)OC)cs1)C(=O)c1ccc2c(c1)OCO2. The molecule has 0 bridgehead atoms. The van der Waals surface area contributed by atoms with Crippen LogP contribution >= 0.6 is 11.3 Å². The Balaban J connectivity index is 1.77. The fraction of sp³-hybridized carbons (Fsp3) is 0.353. The van der Waals surface area contributed by atoms with Crippen molar-refractivity contribution in [2.24, 2.45) is 0 Å². The van der Waals surface area contributed by atoms with Crippen molar-refractivity contribution in [2.45, 2.75) is 6.54 Å². The highest BCUT2D eigenvalue weighted by Crippen LogP contribution is 2.33. The lowest BCUT2D eigenvalue weighted by molar-refractivity contribution is 0.0594. The number of aromatic nitrogens is 1. The largest absolute Gasteiger partial charge is 0.464 e. The van der Waals surface area contributed by atoms with E-state index in [1.807, 2.05) is 0 Å². The van der Waals surface area contributed by atoms with Crippen LogP contribution in [0.4, 0.5) is 0 Å². The molecule has 1 aromatic heterocycles. The zero-order chi connectivity index (χ0) is 18.5. The van der Waals surface area contributed by atoms with Gasteiger partial charge in [-0.1, -0.05) is 0 Å². The van der Waals surface area contributed by atoms with Gasteiger partial charge >= 0.3 is 5.97 Å². The maximum absolute atomic E-state index is 12.9. The minimum atomic E-state index is -0.502. The molecular formula is C17H18N2O6S. The summed E-state index contributed by atoms with van der Waals surface area (Å²) in [6.07, 6.45) is 0. The Hall–Kier alpha value is -2.65. The number of amides is 1. The highest BCUT2D eigenvalue weighted by atomic mass is 32.1. The van der Waals surface area contributed by atoms with Crippen molar-refractivity contribution in [3.05, 3.63) is 39.8 Å². The normalized spacial score (nSPS) is 12.1. The molecule has 1 aliphatic heterocycles. The zero-order valence-corrected chi connectivity index (χ0v) is 15.2. The number of carbonyl (C=O) groups excluding carboxylic acids is 2. The van der Waals surface area contributed by atoms with Crippen molar-refractivity contribution in [1.29, 1.82) is 0 Å². The van der Waals surface area contributed by atoms with Crippen molar-refractivity contribution in [3.63, 3.8) is 0 Å². The van der Waals surface area contributed by atoms with Crippen LogP contribution in [0.3, 0.4) is 0 Å². The number of benzene rings is 1. The van der Waals surface area contributed by atoms with Gasteiger partial charge in [-0.3, -0.25) is 4.79 Å². The first-order valence-electron chi connectivity index (χ1n) is 7.83. The summed E-state index contributed by atoms with van der Waals surface area (Å²) in [4.78, 5) is 30.3. The van der Waals surface area contributed by atoms with Gasteiger partial charge in [-0.15, -0.1) is 11.3 Å². The maximum Gasteiger partial charge on any atom is 0.357 e. The third kappa shape index (κ3) is 3.94. The topological polar surface area (TPSA) is 87.2 Å². The third-order valence-electron chi connectivity index (χ3n) is 3.74. The van der Waals surface area contributed by atoms with Crippen LogP contribution in [0.15, 0.2) is 23.6 Å². The first-order valence-corrected chi connectivity index (χ1v) is 8.71. The molecule has 2 heterocycles. The summed E-state index contributed by atoms with van der Waals surface area (Å²) in [5.41, 5.74) is 0.713. The molecular weight excluding hydrogens is 360 g/mol. The number of carbonyl (C=O) groups is 2. The molecule has 138 valence electrons. The van der Waals surface area contributed by atoms with Gasteiger partial charge in [-0.2, -0.15) is 0 Å². The quantitative estimate of drug-likeness (QED) is 0.681. The predicted molar refractivity (Wildman–Crippen MR) is 92.6 cm³/mol. The number of ether oxygens (including phenoxy) is 4. The molecule has 1 amide bonds. The van der Waals surface area contributed by atoms with E-state index in [0.717, 1.165) is 0 Å². The van der Waals surface area contributed by atoms with E-state index in [0.29, 0.717) is 35.2 Å². The zero-order valence-electron chi connectivity index (χ0n) is 14.4. The lowest BCUT2D eigenvalue weighted by atomic mass is 10.1. The number of rotatable bonds is 7. The molecule has 0 saturated carbocycles. The summed E-state index contributed by atoms with van der Waals surface area (Å²) in [5, 5.41) is 2.25. The van der Waals surface area contributed by atoms with Gasteiger partial charge < -0.3 is 23.8 Å². The van der Waals surface area contributed by atoms with Crippen LogP contribution in [0, 0.1) is 0 Å². The molecule has 9 heteroatoms. The van der Waals surface area contributed by atoms with E-state index >= 15 is 0 Å². The van der Waals surface area contributed by atoms with Gasteiger partial charge in [0.1, 0.15) is 5.01 Å². The third-order valence-corrected chi connectivity index (χ3v) is 4.58. The molecule has 3 rings (SSSR count). The molecule has 0 radical (unpaired) electrons. The van der Waals surface area contributed by atoms with Crippen LogP contribution in [-0.2, 0) is 16.0 Å². The minimum absolute atomic E-state index is 0.149. The fourth-order valence-electron chi connectivity index (χ4n) is 2.41. The number of nitrogens with zero attached hydrogens (tertiary/aromatic N) is 2. The van der Waals surface area contributed by atoms with Crippen LogP contribution < -0.4 is 9.47 Å². The average Bonchev–Trinajstić information content (AvgIpc) is 3.32. The van der Waals surface area contributed by atoms with E-state index in [-0.39, 0.29) is 24.9 Å². The van der Waals surface area contributed by atoms with Gasteiger partial charge in [0.25, 0.3) is 5.91 Å². The lowest BCUT2D eigenvalue weighted by Crippen LogP contribution is -2.33. The van der Waals surface area contributed by atoms with E-state index in [2.05, 4.69) is 9.72 Å². The number of thiazole rings is 1. The van der Waals surface area contributed by atoms with Crippen molar-refractivity contribution in [3.8, 4) is 11.5 Å². The monoisotopic (exact) mass is 378 g/mol. The Morgan fingerprint density at radius 1 is 1.27 bits per heavy atom. The van der Waals surface area contributed by atoms with Crippen LogP contribution in [-0.4, -0.2) is 55.9 Å². The van der Waals surface area contributed by atoms with E-state index in [1.165, 1.54) is 18.4 Å². The molecule has 1 aliphatic rings. The van der Waals surface area contributed by atoms with E-state index in [4.69, 9.17) is 14.2 Å². The summed E-state index contributed by atoms with van der Waals surface area (Å²) in [6, 6.07) is 5.06. The molecule has 0 aliphatic carbocycles. The minimum Gasteiger partial charge on any atom is -0.464 e. The van der Waals surface area contributed by atoms with Crippen LogP contribution in [0.1, 0.15) is 25.9 Å². The van der Waals surface area contributed by atoms with Crippen LogP contribution in [0.2, 0.25) is 0 Å². The average molecular weight is 378 g/mol. The van der Waals surface area contributed by atoms with Crippen molar-refractivity contribution in [2.75, 3.05) is 34.2 Å². The van der Waals surface area contributed by atoms with Gasteiger partial charge in [0, 0.05) is 24.6 Å². The smallest absolute Gasteiger partial charge is 0.357 e. The van der Waals surface area contributed by atoms with E-state index < -0.39 is 5.97 Å². The molecule has 0 N–H and O–H groups in total. The number of fused-ring (bicyclic) bond motifs is 1. The second-order valence-corrected chi connectivity index (χ2v) is 6.35. The van der Waals surface area contributed by atoms with Crippen molar-refractivity contribution in [1.82, 2.24) is 9.88 Å². The highest BCUT2D eigenvalue weighted by Gasteiger charge is 2.22. The van der Waals surface area contributed by atoms with Crippen LogP contribution in [0.5, 0.6) is 11.5 Å². The molecule has 1 aromatic carbocycles. The Morgan fingerprint density at radius 3 is 2.85 bits per heavy atom. The summed E-state index contributed by atoms with van der Waals surface area (Å²) in [7, 11) is 2.87. The summed E-state index contributed by atoms with van der Waals surface area (Å²) in [6.45, 7) is 1.18. The van der Waals surface area contributed by atoms with E-state index in [1.54, 1.807) is 35.6 Å². The second-order valence-electron chi connectivity index (χ2n) is 5.41. The van der Waals surface area contributed by atoms with Gasteiger partial charge in [0.05, 0.1) is 20.3 Å². The number of hydrogen-bond donors (Lipinski definition) is 0. The Bertz CT molecular complexity index is 806. The van der Waals surface area contributed by atoms with Gasteiger partial charge in [-0.25, -0.2) is 9.78 Å². The predicted octanol–water partition coefficient (Wildman–Crippen LogP) is 1.95. The first-order chi connectivity index (χ1) is 12.6. The molecule has 26 heavy (non-hydrogen) atoms. The summed E-state index contributed by atoms with van der Waals surface area (Å²) in [5.74, 6) is 0.477. The standard InChI is InChI=1S/C17H18N2O6S/c1-22-6-5-19(8-15-18-12(9-26-15)17(21)23-2)16(20)11-3-4-13-14(7-11)25-10-24-13/h3-4,7,9H,5-6,8,10H2,1-2H3. The fourth-order valence-corrected chi connectivity index (χ4v) is 3.19. The number of hydrogen-bond acceptors (Lipinski definition) is 8. The van der Waals surface area contributed by atoms with Crippen molar-refractivity contribution < 1.29 is 28.5 Å². The lowest BCUT2D eigenvalue weighted by Gasteiger charge is -2.21. The Morgan fingerprint density at radius 2 is 2.08 bits per heavy atom. The second kappa shape index (κ2) is 8.15. The molecule has 0 saturated heterocycles. The first kappa shape index (κ1) is 18.2. The van der Waals surface area contributed by atoms with Crippen molar-refractivity contribution >= 4 is 23.2 Å². The van der Waals surface area contributed by atoms with Gasteiger partial charge in [-0.05, 0) is 18.2 Å². The molecule has 0 unspecified atom stereocenters. The molecule has 0 atom stereocenters. The highest BCUT2D eigenvalue weighted by molar-refractivity contribution is 7.09. The van der Waals surface area contributed by atoms with Gasteiger partial charge in [0.2, 0.25) is 6.79 Å². The van der Waals surface area contributed by atoms with E-state index in [9.17, 15) is 9.59 Å². The van der Waals surface area contributed by atoms with Crippen LogP contribution in [0.25, 0.3) is 0 Å². The Kier molecular flexibility index (Phi) is 5.69. The molecule has 0 spiro atoms. The Labute approximate surface area is 154 Å². The molecule has 2 aromatic rings. The summed E-state index contributed by atoms with van der Waals surface area (Å²) < 4.78 is 20.4. The molecule has 8 nitrogen and oxygen atoms in total. The summed E-state index contributed by atoms with van der Waals surface area (Å²) >= 11 is 1.30.